The molecule has 0 aromatic heterocycles. The van der Waals surface area contributed by atoms with Gasteiger partial charge in [-0.25, -0.2) is 0 Å². The normalized spacial score (nSPS) is 11.8. The van der Waals surface area contributed by atoms with Crippen LogP contribution in [0.2, 0.25) is 0 Å². The molecule has 0 aliphatic rings. The third-order valence-corrected chi connectivity index (χ3v) is 3.23. The Labute approximate surface area is 124 Å². The average molecular weight is 284 g/mol. The quantitative estimate of drug-likeness (QED) is 0.847. The minimum Gasteiger partial charge on any atom is -0.480 e. The van der Waals surface area contributed by atoms with Crippen LogP contribution in [-0.2, 0) is 4.79 Å². The Balaban J connectivity index is 2.06. The zero-order valence-electron chi connectivity index (χ0n) is 12.5. The summed E-state index contributed by atoms with van der Waals surface area (Å²) < 4.78 is 5.80. The van der Waals surface area contributed by atoms with Crippen molar-refractivity contribution in [2.75, 3.05) is 11.1 Å². The fourth-order valence-corrected chi connectivity index (χ4v) is 2.08. The predicted molar refractivity (Wildman–Crippen MR) is 85.5 cm³/mol. The highest BCUT2D eigenvalue weighted by atomic mass is 16.5. The Hall–Kier alpha value is -2.49. The molecule has 0 aliphatic carbocycles. The summed E-state index contributed by atoms with van der Waals surface area (Å²) in [6.45, 7) is 5.66. The maximum Gasteiger partial charge on any atom is 0.265 e. The van der Waals surface area contributed by atoms with Crippen LogP contribution in [0.4, 0.5) is 11.4 Å². The van der Waals surface area contributed by atoms with Crippen LogP contribution in [0.3, 0.4) is 0 Å². The molecule has 4 heteroatoms. The minimum absolute atomic E-state index is 0.205. The molecule has 0 aliphatic heterocycles. The average Bonchev–Trinajstić information content (AvgIpc) is 2.43. The van der Waals surface area contributed by atoms with Crippen molar-refractivity contribution in [2.24, 2.45) is 0 Å². The van der Waals surface area contributed by atoms with Gasteiger partial charge in [-0.05, 0) is 50.1 Å². The van der Waals surface area contributed by atoms with E-state index >= 15 is 0 Å². The number of nitrogens with one attached hydrogen (secondary N) is 1. The summed E-state index contributed by atoms with van der Waals surface area (Å²) in [6, 6.07) is 13.0. The van der Waals surface area contributed by atoms with Crippen LogP contribution in [0.15, 0.2) is 42.5 Å². The van der Waals surface area contributed by atoms with Crippen LogP contribution in [0.25, 0.3) is 0 Å². The molecule has 1 amide bonds. The van der Waals surface area contributed by atoms with Crippen molar-refractivity contribution in [3.63, 3.8) is 0 Å². The van der Waals surface area contributed by atoms with Crippen molar-refractivity contribution >= 4 is 17.3 Å². The Kier molecular flexibility index (Phi) is 4.48. The number of rotatable bonds is 4. The van der Waals surface area contributed by atoms with Gasteiger partial charge in [-0.15, -0.1) is 0 Å². The Bertz CT molecular complexity index is 633. The maximum absolute atomic E-state index is 12.2. The second-order valence-electron chi connectivity index (χ2n) is 5.10. The molecule has 2 rings (SSSR count). The summed E-state index contributed by atoms with van der Waals surface area (Å²) in [5.41, 5.74) is 8.99. The van der Waals surface area contributed by atoms with Crippen LogP contribution >= 0.6 is 0 Å². The molecule has 0 bridgehead atoms. The van der Waals surface area contributed by atoms with E-state index in [0.717, 1.165) is 16.9 Å². The smallest absolute Gasteiger partial charge is 0.265 e. The van der Waals surface area contributed by atoms with Gasteiger partial charge < -0.3 is 15.8 Å². The Morgan fingerprint density at radius 1 is 1.14 bits per heavy atom. The SMILES string of the molecule is Cc1cccc(C)c1O[C@H](C)C(=O)Nc1cccc(N)c1. The van der Waals surface area contributed by atoms with Crippen LogP contribution in [0.1, 0.15) is 18.1 Å². The van der Waals surface area contributed by atoms with E-state index in [2.05, 4.69) is 5.32 Å². The van der Waals surface area contributed by atoms with E-state index in [1.165, 1.54) is 0 Å². The van der Waals surface area contributed by atoms with Gasteiger partial charge in [0.1, 0.15) is 5.75 Å². The minimum atomic E-state index is -0.591. The first-order chi connectivity index (χ1) is 9.97. The second kappa shape index (κ2) is 6.31. The topological polar surface area (TPSA) is 64.3 Å². The second-order valence-corrected chi connectivity index (χ2v) is 5.10. The summed E-state index contributed by atoms with van der Waals surface area (Å²) in [4.78, 5) is 12.2. The number of para-hydroxylation sites is 1. The van der Waals surface area contributed by atoms with E-state index in [4.69, 9.17) is 10.5 Å². The number of nitrogen functional groups attached to an aromatic ring is 1. The van der Waals surface area contributed by atoms with Gasteiger partial charge in [0.05, 0.1) is 0 Å². The van der Waals surface area contributed by atoms with Crippen molar-refractivity contribution in [1.82, 2.24) is 0 Å². The van der Waals surface area contributed by atoms with E-state index < -0.39 is 6.10 Å². The highest BCUT2D eigenvalue weighted by Gasteiger charge is 2.17. The molecule has 21 heavy (non-hydrogen) atoms. The maximum atomic E-state index is 12.2. The van der Waals surface area contributed by atoms with E-state index in [9.17, 15) is 4.79 Å². The Morgan fingerprint density at radius 2 is 1.76 bits per heavy atom. The molecule has 1 atom stereocenters. The number of nitrogens with two attached hydrogens (primary N) is 1. The van der Waals surface area contributed by atoms with Gasteiger partial charge in [-0.3, -0.25) is 4.79 Å². The third kappa shape index (κ3) is 3.75. The van der Waals surface area contributed by atoms with Crippen LogP contribution < -0.4 is 15.8 Å². The molecule has 0 spiro atoms. The molecular formula is C17H20N2O2. The molecule has 0 saturated heterocycles. The zero-order chi connectivity index (χ0) is 15.4. The molecule has 2 aromatic rings. The van der Waals surface area contributed by atoms with E-state index in [1.807, 2.05) is 32.0 Å². The van der Waals surface area contributed by atoms with Crippen molar-refractivity contribution in [1.29, 1.82) is 0 Å². The third-order valence-electron chi connectivity index (χ3n) is 3.23. The molecule has 0 radical (unpaired) electrons. The number of carbonyl (C=O) groups excluding carboxylic acids is 1. The fourth-order valence-electron chi connectivity index (χ4n) is 2.08. The largest absolute Gasteiger partial charge is 0.480 e. The number of ether oxygens (including phenoxy) is 1. The van der Waals surface area contributed by atoms with Gasteiger partial charge >= 0.3 is 0 Å². The molecule has 0 fully saturated rings. The number of carbonyl (C=O) groups is 1. The molecule has 0 heterocycles. The molecule has 0 saturated carbocycles. The van der Waals surface area contributed by atoms with E-state index in [1.54, 1.807) is 31.2 Å². The van der Waals surface area contributed by atoms with Crippen LogP contribution in [-0.4, -0.2) is 12.0 Å². The van der Waals surface area contributed by atoms with Crippen molar-refractivity contribution in [3.05, 3.63) is 53.6 Å². The van der Waals surface area contributed by atoms with Gasteiger partial charge in [0.2, 0.25) is 0 Å². The Morgan fingerprint density at radius 3 is 2.38 bits per heavy atom. The van der Waals surface area contributed by atoms with Crippen LogP contribution in [0.5, 0.6) is 5.75 Å². The first-order valence-corrected chi connectivity index (χ1v) is 6.86. The van der Waals surface area contributed by atoms with Crippen molar-refractivity contribution in [2.45, 2.75) is 26.9 Å². The summed E-state index contributed by atoms with van der Waals surface area (Å²) in [5.74, 6) is 0.552. The summed E-state index contributed by atoms with van der Waals surface area (Å²) >= 11 is 0. The predicted octanol–water partition coefficient (Wildman–Crippen LogP) is 3.29. The highest BCUT2D eigenvalue weighted by Crippen LogP contribution is 2.24. The fraction of sp³-hybridized carbons (Fsp3) is 0.235. The first kappa shape index (κ1) is 14.9. The lowest BCUT2D eigenvalue weighted by molar-refractivity contribution is -0.122. The lowest BCUT2D eigenvalue weighted by Crippen LogP contribution is -2.30. The van der Waals surface area contributed by atoms with Gasteiger partial charge in [-0.2, -0.15) is 0 Å². The molecule has 3 N–H and O–H groups in total. The zero-order valence-corrected chi connectivity index (χ0v) is 12.5. The van der Waals surface area contributed by atoms with Crippen molar-refractivity contribution in [3.8, 4) is 5.75 Å². The standard InChI is InChI=1S/C17H20N2O2/c1-11-6-4-7-12(2)16(11)21-13(3)17(20)19-15-9-5-8-14(18)10-15/h4-10,13H,18H2,1-3H3,(H,19,20)/t13-/m1/s1. The summed E-state index contributed by atoms with van der Waals surface area (Å²) in [6.07, 6.45) is -0.591. The van der Waals surface area contributed by atoms with Gasteiger partial charge in [0.15, 0.2) is 6.10 Å². The number of amides is 1. The molecular weight excluding hydrogens is 264 g/mol. The number of benzene rings is 2. The summed E-state index contributed by atoms with van der Waals surface area (Å²) in [5, 5.41) is 2.80. The molecule has 110 valence electrons. The number of anilines is 2. The monoisotopic (exact) mass is 284 g/mol. The highest BCUT2D eigenvalue weighted by molar-refractivity contribution is 5.94. The van der Waals surface area contributed by atoms with E-state index in [-0.39, 0.29) is 5.91 Å². The van der Waals surface area contributed by atoms with Crippen molar-refractivity contribution < 1.29 is 9.53 Å². The lowest BCUT2D eigenvalue weighted by atomic mass is 10.1. The number of hydrogen-bond donors (Lipinski definition) is 2. The molecule has 0 unspecified atom stereocenters. The van der Waals surface area contributed by atoms with Gasteiger partial charge in [0.25, 0.3) is 5.91 Å². The number of aryl methyl sites for hydroxylation is 2. The van der Waals surface area contributed by atoms with Gasteiger partial charge in [-0.1, -0.05) is 24.3 Å². The number of hydrogen-bond acceptors (Lipinski definition) is 3. The lowest BCUT2D eigenvalue weighted by Gasteiger charge is -2.18. The first-order valence-electron chi connectivity index (χ1n) is 6.86. The van der Waals surface area contributed by atoms with Crippen LogP contribution in [0, 0.1) is 13.8 Å². The van der Waals surface area contributed by atoms with E-state index in [0.29, 0.717) is 11.4 Å². The summed E-state index contributed by atoms with van der Waals surface area (Å²) in [7, 11) is 0. The molecule has 4 nitrogen and oxygen atoms in total. The van der Waals surface area contributed by atoms with Gasteiger partial charge in [0, 0.05) is 11.4 Å². The molecule has 2 aromatic carbocycles.